The highest BCUT2D eigenvalue weighted by Crippen LogP contribution is 2.41. The van der Waals surface area contributed by atoms with E-state index in [4.69, 9.17) is 4.74 Å². The predicted molar refractivity (Wildman–Crippen MR) is 60.1 cm³/mol. The summed E-state index contributed by atoms with van der Waals surface area (Å²) in [6.45, 7) is 0. The lowest BCUT2D eigenvalue weighted by atomic mass is 10.1. The first-order valence-corrected chi connectivity index (χ1v) is 4.93. The van der Waals surface area contributed by atoms with Gasteiger partial charge in [0.05, 0.1) is 23.8 Å². The third-order valence-corrected chi connectivity index (χ3v) is 2.66. The van der Waals surface area contributed by atoms with Crippen LogP contribution in [-0.4, -0.2) is 25.0 Å². The quantitative estimate of drug-likeness (QED) is 0.599. The number of anilines is 1. The number of carbonyl (C=O) groups excluding carboxylic acids is 1. The average molecular weight is 237 g/mol. The Morgan fingerprint density at radius 3 is 2.76 bits per heavy atom. The van der Waals surface area contributed by atoms with Crippen molar-refractivity contribution in [3.63, 3.8) is 0 Å². The van der Waals surface area contributed by atoms with E-state index in [-0.39, 0.29) is 11.6 Å². The van der Waals surface area contributed by atoms with Crippen molar-refractivity contribution in [3.05, 3.63) is 27.8 Å². The van der Waals surface area contributed by atoms with Crippen LogP contribution in [0.15, 0.2) is 12.1 Å². The number of benzene rings is 1. The lowest BCUT2D eigenvalue weighted by Gasteiger charge is -2.08. The van der Waals surface area contributed by atoms with Gasteiger partial charge in [0, 0.05) is 11.6 Å². The number of rotatable bonds is 3. The SMILES string of the molecule is CNC1C(=O)Nc2c(OC)cc([N+](=O)[O-])cc21. The van der Waals surface area contributed by atoms with E-state index >= 15 is 0 Å². The Bertz CT molecular complexity index is 501. The number of nitro groups is 1. The van der Waals surface area contributed by atoms with Crippen molar-refractivity contribution in [2.24, 2.45) is 0 Å². The van der Waals surface area contributed by atoms with Gasteiger partial charge < -0.3 is 15.4 Å². The van der Waals surface area contributed by atoms with Crippen molar-refractivity contribution in [1.82, 2.24) is 5.32 Å². The molecule has 1 aromatic carbocycles. The molecule has 1 aromatic rings. The molecule has 90 valence electrons. The third kappa shape index (κ3) is 1.70. The van der Waals surface area contributed by atoms with Crippen LogP contribution in [0.1, 0.15) is 11.6 Å². The summed E-state index contributed by atoms with van der Waals surface area (Å²) < 4.78 is 5.04. The maximum absolute atomic E-state index is 11.6. The first-order valence-electron chi connectivity index (χ1n) is 4.93. The Kier molecular flexibility index (Phi) is 2.68. The lowest BCUT2D eigenvalue weighted by Crippen LogP contribution is -2.23. The molecule has 1 atom stereocenters. The van der Waals surface area contributed by atoms with Crippen LogP contribution in [0.2, 0.25) is 0 Å². The van der Waals surface area contributed by atoms with Crippen molar-refractivity contribution < 1.29 is 14.5 Å². The van der Waals surface area contributed by atoms with E-state index < -0.39 is 11.0 Å². The number of hydrogen-bond donors (Lipinski definition) is 2. The summed E-state index contributed by atoms with van der Waals surface area (Å²) in [4.78, 5) is 21.9. The molecule has 0 fully saturated rings. The van der Waals surface area contributed by atoms with E-state index in [2.05, 4.69) is 10.6 Å². The molecule has 1 amide bonds. The van der Waals surface area contributed by atoms with E-state index in [9.17, 15) is 14.9 Å². The normalized spacial score (nSPS) is 17.5. The number of nitrogens with one attached hydrogen (secondary N) is 2. The second kappa shape index (κ2) is 4.02. The topological polar surface area (TPSA) is 93.5 Å². The number of nitro benzene ring substituents is 1. The van der Waals surface area contributed by atoms with Crippen LogP contribution in [0, 0.1) is 10.1 Å². The molecule has 0 bridgehead atoms. The van der Waals surface area contributed by atoms with Gasteiger partial charge in [0.25, 0.3) is 5.69 Å². The molecule has 1 heterocycles. The number of likely N-dealkylation sites (N-methyl/N-ethyl adjacent to an activating group) is 1. The highest BCUT2D eigenvalue weighted by molar-refractivity contribution is 6.04. The van der Waals surface area contributed by atoms with E-state index in [1.165, 1.54) is 19.2 Å². The first-order chi connectivity index (χ1) is 8.08. The van der Waals surface area contributed by atoms with Crippen LogP contribution in [0.4, 0.5) is 11.4 Å². The van der Waals surface area contributed by atoms with Gasteiger partial charge in [0.2, 0.25) is 5.91 Å². The molecular formula is C10H11N3O4. The lowest BCUT2D eigenvalue weighted by molar-refractivity contribution is -0.385. The average Bonchev–Trinajstić information content (AvgIpc) is 2.62. The molecule has 0 radical (unpaired) electrons. The zero-order chi connectivity index (χ0) is 12.6. The van der Waals surface area contributed by atoms with E-state index in [1.54, 1.807) is 7.05 Å². The Morgan fingerprint density at radius 2 is 2.24 bits per heavy atom. The van der Waals surface area contributed by atoms with Gasteiger partial charge >= 0.3 is 0 Å². The molecule has 7 nitrogen and oxygen atoms in total. The minimum Gasteiger partial charge on any atom is -0.494 e. The number of hydrogen-bond acceptors (Lipinski definition) is 5. The minimum absolute atomic E-state index is 0.0997. The van der Waals surface area contributed by atoms with Crippen molar-refractivity contribution in [2.75, 3.05) is 19.5 Å². The molecule has 1 aliphatic heterocycles. The summed E-state index contributed by atoms with van der Waals surface area (Å²) in [7, 11) is 3.02. The van der Waals surface area contributed by atoms with Gasteiger partial charge in [-0.15, -0.1) is 0 Å². The molecule has 0 aliphatic carbocycles. The van der Waals surface area contributed by atoms with Gasteiger partial charge in [0.1, 0.15) is 11.8 Å². The fourth-order valence-corrected chi connectivity index (χ4v) is 1.87. The number of fused-ring (bicyclic) bond motifs is 1. The van der Waals surface area contributed by atoms with Crippen molar-refractivity contribution in [2.45, 2.75) is 6.04 Å². The Morgan fingerprint density at radius 1 is 1.53 bits per heavy atom. The first kappa shape index (κ1) is 11.3. The van der Waals surface area contributed by atoms with Crippen LogP contribution in [-0.2, 0) is 4.79 Å². The molecule has 2 rings (SSSR count). The molecule has 1 unspecified atom stereocenters. The van der Waals surface area contributed by atoms with Crippen LogP contribution in [0.25, 0.3) is 0 Å². The summed E-state index contributed by atoms with van der Waals surface area (Å²) in [6.07, 6.45) is 0. The molecule has 17 heavy (non-hydrogen) atoms. The van der Waals surface area contributed by atoms with Gasteiger partial charge in [-0.1, -0.05) is 0 Å². The monoisotopic (exact) mass is 237 g/mol. The highest BCUT2D eigenvalue weighted by Gasteiger charge is 2.33. The molecular weight excluding hydrogens is 226 g/mol. The molecule has 0 saturated heterocycles. The maximum Gasteiger partial charge on any atom is 0.273 e. The largest absolute Gasteiger partial charge is 0.494 e. The Hall–Kier alpha value is -2.15. The third-order valence-electron chi connectivity index (χ3n) is 2.66. The van der Waals surface area contributed by atoms with Gasteiger partial charge in [-0.05, 0) is 7.05 Å². The molecule has 1 aliphatic rings. The Balaban J connectivity index is 2.61. The van der Waals surface area contributed by atoms with Gasteiger partial charge in [0.15, 0.2) is 0 Å². The van der Waals surface area contributed by atoms with Crippen molar-refractivity contribution in [1.29, 1.82) is 0 Å². The van der Waals surface area contributed by atoms with Gasteiger partial charge in [-0.25, -0.2) is 0 Å². The number of carbonyl (C=O) groups is 1. The fourth-order valence-electron chi connectivity index (χ4n) is 1.87. The van der Waals surface area contributed by atoms with Crippen LogP contribution >= 0.6 is 0 Å². The van der Waals surface area contributed by atoms with E-state index in [0.717, 1.165) is 0 Å². The predicted octanol–water partition coefficient (Wildman–Crippen LogP) is 0.816. The van der Waals surface area contributed by atoms with E-state index in [0.29, 0.717) is 17.0 Å². The number of amides is 1. The molecule has 7 heteroatoms. The van der Waals surface area contributed by atoms with Gasteiger partial charge in [-0.3, -0.25) is 14.9 Å². The van der Waals surface area contributed by atoms with Crippen molar-refractivity contribution >= 4 is 17.3 Å². The van der Waals surface area contributed by atoms with Crippen LogP contribution < -0.4 is 15.4 Å². The Labute approximate surface area is 96.9 Å². The van der Waals surface area contributed by atoms with Crippen LogP contribution in [0.5, 0.6) is 5.75 Å². The van der Waals surface area contributed by atoms with Crippen LogP contribution in [0.3, 0.4) is 0 Å². The summed E-state index contributed by atoms with van der Waals surface area (Å²) in [5, 5.41) is 16.2. The zero-order valence-corrected chi connectivity index (χ0v) is 9.31. The zero-order valence-electron chi connectivity index (χ0n) is 9.31. The summed E-state index contributed by atoms with van der Waals surface area (Å²) >= 11 is 0. The summed E-state index contributed by atoms with van der Waals surface area (Å²) in [5.41, 5.74) is 0.920. The number of nitrogens with zero attached hydrogens (tertiary/aromatic N) is 1. The summed E-state index contributed by atoms with van der Waals surface area (Å²) in [5.74, 6) is 0.0431. The molecule has 0 saturated carbocycles. The molecule has 2 N–H and O–H groups in total. The minimum atomic E-state index is -0.584. The number of methoxy groups -OCH3 is 1. The smallest absolute Gasteiger partial charge is 0.273 e. The highest BCUT2D eigenvalue weighted by atomic mass is 16.6. The summed E-state index contributed by atoms with van der Waals surface area (Å²) in [6, 6.07) is 2.08. The van der Waals surface area contributed by atoms with Crippen molar-refractivity contribution in [3.8, 4) is 5.75 Å². The number of ether oxygens (including phenoxy) is 1. The molecule has 0 spiro atoms. The fraction of sp³-hybridized carbons (Fsp3) is 0.300. The van der Waals surface area contributed by atoms with Gasteiger partial charge in [-0.2, -0.15) is 0 Å². The number of non-ortho nitro benzene ring substituents is 1. The van der Waals surface area contributed by atoms with E-state index in [1.807, 2.05) is 0 Å². The standard InChI is InChI=1S/C10H11N3O4/c1-11-9-6-3-5(13(15)16)4-7(17-2)8(6)12-10(9)14/h3-4,9,11H,1-2H3,(H,12,14). The second-order valence-corrected chi connectivity index (χ2v) is 3.58. The molecule has 0 aromatic heterocycles. The second-order valence-electron chi connectivity index (χ2n) is 3.58. The maximum atomic E-state index is 11.6.